The van der Waals surface area contributed by atoms with Crippen molar-refractivity contribution in [2.75, 3.05) is 22.9 Å². The molecule has 0 aliphatic carbocycles. The molecule has 1 aromatic heterocycles. The maximum atomic E-state index is 6.02. The monoisotopic (exact) mass is 237 g/mol. The van der Waals surface area contributed by atoms with Gasteiger partial charge in [-0.2, -0.15) is 0 Å². The van der Waals surface area contributed by atoms with Crippen molar-refractivity contribution < 1.29 is 0 Å². The van der Waals surface area contributed by atoms with Crippen LogP contribution in [0.2, 0.25) is 0 Å². The van der Waals surface area contributed by atoms with Gasteiger partial charge in [0.05, 0.1) is 0 Å². The Morgan fingerprint density at radius 1 is 1.24 bits per heavy atom. The summed E-state index contributed by atoms with van der Waals surface area (Å²) >= 11 is 0. The number of nitrogens with one attached hydrogen (secondary N) is 2. The largest absolute Gasteiger partial charge is 0.393 e. The molecule has 1 rings (SSSR count). The summed E-state index contributed by atoms with van der Waals surface area (Å²) in [6.07, 6.45) is 3.77. The van der Waals surface area contributed by atoms with Gasteiger partial charge in [0, 0.05) is 12.1 Å². The molecule has 0 fully saturated rings. The Balaban J connectivity index is 2.76. The van der Waals surface area contributed by atoms with Crippen molar-refractivity contribution >= 4 is 17.3 Å². The molecule has 0 atom stereocenters. The van der Waals surface area contributed by atoms with Crippen molar-refractivity contribution in [3.63, 3.8) is 0 Å². The first kappa shape index (κ1) is 13.5. The maximum Gasteiger partial charge on any atom is 0.155 e. The summed E-state index contributed by atoms with van der Waals surface area (Å²) in [5, 5.41) is 6.49. The van der Waals surface area contributed by atoms with Gasteiger partial charge in [-0.25, -0.2) is 9.97 Å². The summed E-state index contributed by atoms with van der Waals surface area (Å²) in [5.41, 5.74) is 6.54. The Bertz CT molecular complexity index is 356. The van der Waals surface area contributed by atoms with Crippen molar-refractivity contribution in [1.29, 1.82) is 0 Å². The van der Waals surface area contributed by atoms with Crippen LogP contribution in [0.5, 0.6) is 0 Å². The third kappa shape index (κ3) is 4.46. The summed E-state index contributed by atoms with van der Waals surface area (Å²) in [6, 6.07) is 0. The van der Waals surface area contributed by atoms with E-state index < -0.39 is 0 Å². The van der Waals surface area contributed by atoms with E-state index in [4.69, 9.17) is 5.73 Å². The van der Waals surface area contributed by atoms with Crippen molar-refractivity contribution in [3.05, 3.63) is 6.33 Å². The van der Waals surface area contributed by atoms with Crippen molar-refractivity contribution in [2.24, 2.45) is 0 Å². The predicted molar refractivity (Wildman–Crippen MR) is 73.2 cm³/mol. The van der Waals surface area contributed by atoms with E-state index in [1.165, 1.54) is 6.33 Å². The van der Waals surface area contributed by atoms with Gasteiger partial charge < -0.3 is 16.4 Å². The minimum atomic E-state index is -0.0663. The fourth-order valence-corrected chi connectivity index (χ4v) is 1.37. The van der Waals surface area contributed by atoms with Crippen molar-refractivity contribution in [1.82, 2.24) is 9.97 Å². The molecule has 0 bridgehead atoms. The Labute approximate surface area is 103 Å². The van der Waals surface area contributed by atoms with Gasteiger partial charge in [0.2, 0.25) is 0 Å². The predicted octanol–water partition coefficient (Wildman–Crippen LogP) is 2.48. The van der Waals surface area contributed by atoms with Crippen LogP contribution in [0.1, 0.15) is 40.5 Å². The third-order valence-corrected chi connectivity index (χ3v) is 2.20. The Morgan fingerprint density at radius 3 is 2.47 bits per heavy atom. The second kappa shape index (κ2) is 5.70. The van der Waals surface area contributed by atoms with Gasteiger partial charge in [-0.3, -0.25) is 0 Å². The van der Waals surface area contributed by atoms with Crippen molar-refractivity contribution in [3.8, 4) is 0 Å². The third-order valence-electron chi connectivity index (χ3n) is 2.20. The average molecular weight is 237 g/mol. The number of aromatic nitrogens is 2. The first-order chi connectivity index (χ1) is 7.94. The Kier molecular flexibility index (Phi) is 4.54. The highest BCUT2D eigenvalue weighted by atomic mass is 15.1. The summed E-state index contributed by atoms with van der Waals surface area (Å²) in [5.74, 6) is 1.40. The molecule has 0 aliphatic rings. The fourth-order valence-electron chi connectivity index (χ4n) is 1.37. The van der Waals surface area contributed by atoms with Gasteiger partial charge in [-0.15, -0.1) is 0 Å². The lowest BCUT2D eigenvalue weighted by Gasteiger charge is -2.22. The molecule has 17 heavy (non-hydrogen) atoms. The lowest BCUT2D eigenvalue weighted by Crippen LogP contribution is -2.27. The zero-order valence-corrected chi connectivity index (χ0v) is 11.2. The first-order valence-electron chi connectivity index (χ1n) is 6.06. The lowest BCUT2D eigenvalue weighted by atomic mass is 10.1. The minimum Gasteiger partial charge on any atom is -0.393 e. The highest BCUT2D eigenvalue weighted by Gasteiger charge is 2.14. The number of rotatable bonds is 5. The standard InChI is InChI=1S/C12H23N5/c1-5-6-7-14-10-9(13)11(16-8-15-10)17-12(2,3)4/h8H,5-7,13H2,1-4H3,(H2,14,15,16,17). The highest BCUT2D eigenvalue weighted by molar-refractivity contribution is 5.74. The van der Waals surface area contributed by atoms with Gasteiger partial charge in [-0.1, -0.05) is 13.3 Å². The second-order valence-electron chi connectivity index (χ2n) is 5.14. The zero-order chi connectivity index (χ0) is 12.9. The van der Waals surface area contributed by atoms with Crippen LogP contribution in [0.4, 0.5) is 17.3 Å². The van der Waals surface area contributed by atoms with E-state index in [9.17, 15) is 0 Å². The zero-order valence-electron chi connectivity index (χ0n) is 11.2. The number of nitrogen functional groups attached to an aromatic ring is 1. The van der Waals surface area contributed by atoms with Crippen LogP contribution in [0.3, 0.4) is 0 Å². The van der Waals surface area contributed by atoms with Gasteiger partial charge in [0.1, 0.15) is 12.0 Å². The molecule has 0 aliphatic heterocycles. The van der Waals surface area contributed by atoms with Crippen LogP contribution < -0.4 is 16.4 Å². The van der Waals surface area contributed by atoms with Crippen LogP contribution >= 0.6 is 0 Å². The van der Waals surface area contributed by atoms with Gasteiger partial charge in [0.25, 0.3) is 0 Å². The number of unbranched alkanes of at least 4 members (excludes halogenated alkanes) is 1. The van der Waals surface area contributed by atoms with Gasteiger partial charge in [-0.05, 0) is 27.2 Å². The molecule has 5 heteroatoms. The van der Waals surface area contributed by atoms with E-state index in [1.54, 1.807) is 0 Å². The maximum absolute atomic E-state index is 6.02. The Hall–Kier alpha value is -1.52. The molecular formula is C12H23N5. The molecule has 0 amide bonds. The summed E-state index contributed by atoms with van der Waals surface area (Å²) in [6.45, 7) is 9.24. The minimum absolute atomic E-state index is 0.0663. The molecule has 1 heterocycles. The average Bonchev–Trinajstić information content (AvgIpc) is 2.22. The molecular weight excluding hydrogens is 214 g/mol. The highest BCUT2D eigenvalue weighted by Crippen LogP contribution is 2.24. The van der Waals surface area contributed by atoms with Crippen LogP contribution in [-0.2, 0) is 0 Å². The smallest absolute Gasteiger partial charge is 0.155 e. The molecule has 5 nitrogen and oxygen atoms in total. The van der Waals surface area contributed by atoms with Gasteiger partial charge >= 0.3 is 0 Å². The normalized spacial score (nSPS) is 11.3. The second-order valence-corrected chi connectivity index (χ2v) is 5.14. The van der Waals surface area contributed by atoms with E-state index in [0.717, 1.165) is 19.4 Å². The van der Waals surface area contributed by atoms with Crippen LogP contribution in [-0.4, -0.2) is 22.1 Å². The molecule has 0 saturated carbocycles. The Morgan fingerprint density at radius 2 is 1.88 bits per heavy atom. The molecule has 0 aromatic carbocycles. The van der Waals surface area contributed by atoms with Crippen LogP contribution in [0.15, 0.2) is 6.33 Å². The van der Waals surface area contributed by atoms with E-state index in [2.05, 4.69) is 48.3 Å². The topological polar surface area (TPSA) is 75.9 Å². The van der Waals surface area contributed by atoms with E-state index in [1.807, 2.05) is 0 Å². The van der Waals surface area contributed by atoms with Crippen LogP contribution in [0.25, 0.3) is 0 Å². The molecule has 1 aromatic rings. The van der Waals surface area contributed by atoms with Crippen molar-refractivity contribution in [2.45, 2.75) is 46.1 Å². The first-order valence-corrected chi connectivity index (χ1v) is 6.06. The van der Waals surface area contributed by atoms with E-state index in [-0.39, 0.29) is 5.54 Å². The van der Waals surface area contributed by atoms with Crippen LogP contribution in [0, 0.1) is 0 Å². The molecule has 0 spiro atoms. The van der Waals surface area contributed by atoms with E-state index in [0.29, 0.717) is 17.3 Å². The summed E-state index contributed by atoms with van der Waals surface area (Å²) < 4.78 is 0. The number of nitrogens with zero attached hydrogens (tertiary/aromatic N) is 2. The molecule has 96 valence electrons. The molecule has 4 N–H and O–H groups in total. The lowest BCUT2D eigenvalue weighted by molar-refractivity contribution is 0.630. The molecule has 0 radical (unpaired) electrons. The fraction of sp³-hybridized carbons (Fsp3) is 0.667. The van der Waals surface area contributed by atoms with Gasteiger partial charge in [0.15, 0.2) is 11.6 Å². The summed E-state index contributed by atoms with van der Waals surface area (Å²) in [7, 11) is 0. The SMILES string of the molecule is CCCCNc1ncnc(NC(C)(C)C)c1N. The quantitative estimate of drug-likeness (QED) is 0.686. The number of nitrogens with two attached hydrogens (primary N) is 1. The summed E-state index contributed by atoms with van der Waals surface area (Å²) in [4.78, 5) is 8.32. The number of anilines is 3. The molecule has 0 unspecified atom stereocenters. The number of hydrogen-bond acceptors (Lipinski definition) is 5. The molecule has 0 saturated heterocycles. The van der Waals surface area contributed by atoms with E-state index >= 15 is 0 Å². The number of hydrogen-bond donors (Lipinski definition) is 3.